The molecule has 4 N–H and O–H groups in total. The Hall–Kier alpha value is -0.910. The first-order chi connectivity index (χ1) is 8.18. The van der Waals surface area contributed by atoms with Gasteiger partial charge in [-0.25, -0.2) is 0 Å². The monoisotopic (exact) mass is 254 g/mol. The van der Waals surface area contributed by atoms with Gasteiger partial charge >= 0.3 is 0 Å². The lowest BCUT2D eigenvalue weighted by molar-refractivity contribution is -0.135. The Labute approximate surface area is 105 Å². The third-order valence-electron chi connectivity index (χ3n) is 3.57. The topological polar surface area (TPSA) is 75.4 Å². The van der Waals surface area contributed by atoms with E-state index < -0.39 is 6.10 Å². The average molecular weight is 254 g/mol. The fraction of sp³-hybridized carbons (Fsp3) is 0.583. The fourth-order valence-corrected chi connectivity index (χ4v) is 2.79. The van der Waals surface area contributed by atoms with E-state index in [9.17, 15) is 9.90 Å². The van der Waals surface area contributed by atoms with Gasteiger partial charge in [0, 0.05) is 13.1 Å². The largest absolute Gasteiger partial charge is 0.387 e. The van der Waals surface area contributed by atoms with Crippen LogP contribution in [-0.2, 0) is 4.79 Å². The lowest BCUT2D eigenvalue weighted by atomic mass is 9.68. The molecular formula is C12H18N2O2S. The highest BCUT2D eigenvalue weighted by Crippen LogP contribution is 2.40. The van der Waals surface area contributed by atoms with Crippen LogP contribution in [0.5, 0.6) is 0 Å². The van der Waals surface area contributed by atoms with E-state index in [1.54, 1.807) is 0 Å². The Morgan fingerprint density at radius 3 is 2.88 bits per heavy atom. The standard InChI is InChI=1S/C12H18N2O2S/c13-8-12(3-1-4-12)11(16)14-6-10(15)9-2-5-17-7-9/h2,5,7,10,15H,1,3-4,6,8,13H2,(H,14,16). The number of nitrogens with one attached hydrogen (secondary N) is 1. The van der Waals surface area contributed by atoms with Crippen molar-refractivity contribution in [3.63, 3.8) is 0 Å². The SMILES string of the molecule is NCC1(C(=O)NCC(O)c2ccsc2)CCC1. The molecule has 5 heteroatoms. The number of hydrogen-bond donors (Lipinski definition) is 3. The number of carbonyl (C=O) groups excluding carboxylic acids is 1. The van der Waals surface area contributed by atoms with Gasteiger partial charge < -0.3 is 16.2 Å². The second-order valence-corrected chi connectivity index (χ2v) is 5.40. The molecule has 1 aliphatic rings. The third kappa shape index (κ3) is 2.51. The molecule has 1 heterocycles. The van der Waals surface area contributed by atoms with Crippen molar-refractivity contribution in [1.29, 1.82) is 0 Å². The molecule has 0 aromatic carbocycles. The predicted octanol–water partition coefficient (Wildman–Crippen LogP) is 1.03. The van der Waals surface area contributed by atoms with Gasteiger partial charge in [0.2, 0.25) is 5.91 Å². The minimum Gasteiger partial charge on any atom is -0.387 e. The number of aliphatic hydroxyl groups excluding tert-OH is 1. The van der Waals surface area contributed by atoms with Crippen LogP contribution in [0.1, 0.15) is 30.9 Å². The summed E-state index contributed by atoms with van der Waals surface area (Å²) in [4.78, 5) is 12.0. The van der Waals surface area contributed by atoms with Crippen LogP contribution in [-0.4, -0.2) is 24.1 Å². The fourth-order valence-electron chi connectivity index (χ4n) is 2.09. The van der Waals surface area contributed by atoms with Gasteiger partial charge in [-0.2, -0.15) is 11.3 Å². The zero-order valence-corrected chi connectivity index (χ0v) is 10.5. The quantitative estimate of drug-likeness (QED) is 0.734. The van der Waals surface area contributed by atoms with Gasteiger partial charge in [0.25, 0.3) is 0 Å². The Morgan fingerprint density at radius 1 is 1.65 bits per heavy atom. The second kappa shape index (κ2) is 5.16. The maximum atomic E-state index is 12.0. The van der Waals surface area contributed by atoms with Gasteiger partial charge in [0.1, 0.15) is 0 Å². The predicted molar refractivity (Wildman–Crippen MR) is 67.6 cm³/mol. The molecule has 1 unspecified atom stereocenters. The first kappa shape index (κ1) is 12.5. The summed E-state index contributed by atoms with van der Waals surface area (Å²) in [5.41, 5.74) is 6.13. The number of aliphatic hydroxyl groups is 1. The number of carbonyl (C=O) groups is 1. The molecule has 0 spiro atoms. The molecule has 0 bridgehead atoms. The Kier molecular flexibility index (Phi) is 3.81. The molecular weight excluding hydrogens is 236 g/mol. The number of nitrogens with two attached hydrogens (primary N) is 1. The Morgan fingerprint density at radius 2 is 2.41 bits per heavy atom. The van der Waals surface area contributed by atoms with Crippen molar-refractivity contribution in [2.24, 2.45) is 11.1 Å². The highest BCUT2D eigenvalue weighted by molar-refractivity contribution is 7.07. The molecule has 4 nitrogen and oxygen atoms in total. The van der Waals surface area contributed by atoms with Crippen molar-refractivity contribution in [2.45, 2.75) is 25.4 Å². The second-order valence-electron chi connectivity index (χ2n) is 4.62. The van der Waals surface area contributed by atoms with E-state index >= 15 is 0 Å². The minimum absolute atomic E-state index is 0.0134. The zero-order valence-electron chi connectivity index (χ0n) is 9.69. The molecule has 1 atom stereocenters. The molecule has 1 aromatic heterocycles. The van der Waals surface area contributed by atoms with Crippen LogP contribution in [0.2, 0.25) is 0 Å². The number of amides is 1. The van der Waals surface area contributed by atoms with Crippen LogP contribution in [0.4, 0.5) is 0 Å². The van der Waals surface area contributed by atoms with E-state index in [-0.39, 0.29) is 17.9 Å². The van der Waals surface area contributed by atoms with Crippen LogP contribution in [0.15, 0.2) is 16.8 Å². The average Bonchev–Trinajstić information content (AvgIpc) is 2.78. The highest BCUT2D eigenvalue weighted by atomic mass is 32.1. The van der Waals surface area contributed by atoms with Gasteiger partial charge in [-0.15, -0.1) is 0 Å². The van der Waals surface area contributed by atoms with Crippen LogP contribution in [0, 0.1) is 5.41 Å². The van der Waals surface area contributed by atoms with Crippen molar-refractivity contribution in [3.8, 4) is 0 Å². The summed E-state index contributed by atoms with van der Waals surface area (Å²) in [7, 11) is 0. The molecule has 94 valence electrons. The molecule has 1 aliphatic carbocycles. The summed E-state index contributed by atoms with van der Waals surface area (Å²) in [5.74, 6) is -0.0134. The lowest BCUT2D eigenvalue weighted by Gasteiger charge is -2.39. The molecule has 0 saturated heterocycles. The molecule has 2 rings (SSSR count). The number of thiophene rings is 1. The summed E-state index contributed by atoms with van der Waals surface area (Å²) < 4.78 is 0. The maximum absolute atomic E-state index is 12.0. The maximum Gasteiger partial charge on any atom is 0.227 e. The molecule has 0 aliphatic heterocycles. The molecule has 0 radical (unpaired) electrons. The van der Waals surface area contributed by atoms with E-state index in [0.29, 0.717) is 6.54 Å². The zero-order chi connectivity index (χ0) is 12.3. The summed E-state index contributed by atoms with van der Waals surface area (Å²) >= 11 is 1.54. The third-order valence-corrected chi connectivity index (χ3v) is 4.27. The van der Waals surface area contributed by atoms with Gasteiger partial charge in [0.05, 0.1) is 11.5 Å². The smallest absolute Gasteiger partial charge is 0.227 e. The summed E-state index contributed by atoms with van der Waals surface area (Å²) in [6, 6.07) is 1.86. The van der Waals surface area contributed by atoms with E-state index in [2.05, 4.69) is 5.32 Å². The van der Waals surface area contributed by atoms with Crippen LogP contribution >= 0.6 is 11.3 Å². The summed E-state index contributed by atoms with van der Waals surface area (Å²) in [6.45, 7) is 0.657. The molecule has 1 fully saturated rings. The molecule has 1 amide bonds. The van der Waals surface area contributed by atoms with Crippen molar-refractivity contribution < 1.29 is 9.90 Å². The molecule has 17 heavy (non-hydrogen) atoms. The number of rotatable bonds is 5. The normalized spacial score (nSPS) is 19.4. The van der Waals surface area contributed by atoms with Gasteiger partial charge in [0.15, 0.2) is 0 Å². The van der Waals surface area contributed by atoms with Gasteiger partial charge in [-0.1, -0.05) is 6.42 Å². The van der Waals surface area contributed by atoms with Crippen molar-refractivity contribution in [3.05, 3.63) is 22.4 Å². The van der Waals surface area contributed by atoms with Crippen molar-refractivity contribution in [2.75, 3.05) is 13.1 Å². The van der Waals surface area contributed by atoms with E-state index in [4.69, 9.17) is 5.73 Å². The van der Waals surface area contributed by atoms with Crippen LogP contribution < -0.4 is 11.1 Å². The first-order valence-electron chi connectivity index (χ1n) is 5.86. The Balaban J connectivity index is 1.84. The molecule has 1 aromatic rings. The Bertz CT molecular complexity index is 368. The highest BCUT2D eigenvalue weighted by Gasteiger charge is 2.42. The van der Waals surface area contributed by atoms with Gasteiger partial charge in [-0.3, -0.25) is 4.79 Å². The lowest BCUT2D eigenvalue weighted by Crippen LogP contribution is -2.51. The van der Waals surface area contributed by atoms with E-state index in [1.807, 2.05) is 16.8 Å². The van der Waals surface area contributed by atoms with Crippen LogP contribution in [0.25, 0.3) is 0 Å². The number of hydrogen-bond acceptors (Lipinski definition) is 4. The minimum atomic E-state index is -0.625. The van der Waals surface area contributed by atoms with Crippen LogP contribution in [0.3, 0.4) is 0 Å². The first-order valence-corrected chi connectivity index (χ1v) is 6.81. The van der Waals surface area contributed by atoms with Crippen molar-refractivity contribution in [1.82, 2.24) is 5.32 Å². The van der Waals surface area contributed by atoms with E-state index in [0.717, 1.165) is 24.8 Å². The molecule has 1 saturated carbocycles. The summed E-state index contributed by atoms with van der Waals surface area (Å²) in [5, 5.41) is 16.4. The van der Waals surface area contributed by atoms with Gasteiger partial charge in [-0.05, 0) is 35.2 Å². The van der Waals surface area contributed by atoms with E-state index in [1.165, 1.54) is 11.3 Å². The van der Waals surface area contributed by atoms with Crippen molar-refractivity contribution >= 4 is 17.2 Å². The summed E-state index contributed by atoms with van der Waals surface area (Å²) in [6.07, 6.45) is 2.17.